The average Bonchev–Trinajstić information content (AvgIpc) is 2.94. The number of piperidine rings is 1. The largest absolute Gasteiger partial charge is 0.481 e. The third kappa shape index (κ3) is 2.92. The van der Waals surface area contributed by atoms with E-state index >= 15 is 0 Å². The molecule has 1 saturated heterocycles. The smallest absolute Gasteiger partial charge is 0.306 e. The Hall–Kier alpha value is -0.610. The summed E-state index contributed by atoms with van der Waals surface area (Å²) in [4.78, 5) is 13.0. The van der Waals surface area contributed by atoms with Gasteiger partial charge in [0.2, 0.25) is 0 Å². The highest BCUT2D eigenvalue weighted by Gasteiger charge is 2.42. The van der Waals surface area contributed by atoms with Crippen LogP contribution in [0.4, 0.5) is 0 Å². The van der Waals surface area contributed by atoms with Gasteiger partial charge in [-0.1, -0.05) is 0 Å². The summed E-state index contributed by atoms with van der Waals surface area (Å²) in [6.07, 6.45) is 3.35. The second-order valence-corrected chi connectivity index (χ2v) is 4.95. The maximum Gasteiger partial charge on any atom is 0.306 e. The molecule has 2 aliphatic rings. The fraction of sp³-hybridized carbons (Fsp3) is 0.909. The minimum Gasteiger partial charge on any atom is -0.481 e. The molecule has 3 unspecified atom stereocenters. The summed E-state index contributed by atoms with van der Waals surface area (Å²) < 4.78 is 0. The average molecular weight is 212 g/mol. The van der Waals surface area contributed by atoms with Crippen molar-refractivity contribution in [3.05, 3.63) is 0 Å². The summed E-state index contributed by atoms with van der Waals surface area (Å²) in [6.45, 7) is 3.18. The van der Waals surface area contributed by atoms with Crippen LogP contribution in [0.25, 0.3) is 0 Å². The topological polar surface area (TPSA) is 52.6 Å². The molecule has 1 aliphatic carbocycles. The van der Waals surface area contributed by atoms with Crippen molar-refractivity contribution in [2.75, 3.05) is 26.7 Å². The van der Waals surface area contributed by atoms with Crippen molar-refractivity contribution in [3.63, 3.8) is 0 Å². The van der Waals surface area contributed by atoms with Crippen molar-refractivity contribution in [3.8, 4) is 0 Å². The Bertz CT molecular complexity index is 245. The highest BCUT2D eigenvalue weighted by molar-refractivity contribution is 5.73. The predicted octanol–water partition coefficient (Wildman–Crippen LogP) is 0.391. The lowest BCUT2D eigenvalue weighted by Crippen LogP contribution is -2.44. The van der Waals surface area contributed by atoms with Crippen LogP contribution >= 0.6 is 0 Å². The molecule has 4 nitrogen and oxygen atoms in total. The van der Waals surface area contributed by atoms with E-state index < -0.39 is 5.97 Å². The number of hydrogen-bond acceptors (Lipinski definition) is 3. The van der Waals surface area contributed by atoms with Crippen molar-refractivity contribution < 1.29 is 9.90 Å². The summed E-state index contributed by atoms with van der Waals surface area (Å²) in [5.41, 5.74) is 0. The van der Waals surface area contributed by atoms with E-state index in [0.29, 0.717) is 12.0 Å². The Kier molecular flexibility index (Phi) is 3.26. The van der Waals surface area contributed by atoms with Crippen LogP contribution in [0, 0.1) is 11.8 Å². The van der Waals surface area contributed by atoms with Gasteiger partial charge in [0, 0.05) is 12.6 Å². The molecule has 0 radical (unpaired) electrons. The van der Waals surface area contributed by atoms with Crippen molar-refractivity contribution >= 4 is 5.97 Å². The van der Waals surface area contributed by atoms with Crippen LogP contribution in [0.3, 0.4) is 0 Å². The van der Waals surface area contributed by atoms with E-state index in [0.717, 1.165) is 19.5 Å². The first-order valence-corrected chi connectivity index (χ1v) is 5.81. The van der Waals surface area contributed by atoms with Gasteiger partial charge < -0.3 is 15.3 Å². The van der Waals surface area contributed by atoms with Crippen molar-refractivity contribution in [2.45, 2.75) is 25.3 Å². The van der Waals surface area contributed by atoms with Gasteiger partial charge in [0.25, 0.3) is 0 Å². The SMILES string of the molecule is CN1CCCC(NCC2CC2C(=O)O)C1. The highest BCUT2D eigenvalue weighted by Crippen LogP contribution is 2.37. The zero-order valence-electron chi connectivity index (χ0n) is 9.28. The van der Waals surface area contributed by atoms with Crippen LogP contribution in [-0.2, 0) is 4.79 Å². The van der Waals surface area contributed by atoms with Gasteiger partial charge in [-0.05, 0) is 45.3 Å². The number of aliphatic carboxylic acids is 1. The summed E-state index contributed by atoms with van der Waals surface area (Å²) in [5, 5.41) is 12.3. The van der Waals surface area contributed by atoms with Gasteiger partial charge in [0.05, 0.1) is 5.92 Å². The molecule has 15 heavy (non-hydrogen) atoms. The van der Waals surface area contributed by atoms with Crippen LogP contribution < -0.4 is 5.32 Å². The molecule has 0 bridgehead atoms. The lowest BCUT2D eigenvalue weighted by molar-refractivity contribution is -0.138. The number of carbonyl (C=O) groups is 1. The standard InChI is InChI=1S/C11H20N2O2/c1-13-4-2-3-9(7-13)12-6-8-5-10(8)11(14)15/h8-10,12H,2-7H2,1H3,(H,14,15). The highest BCUT2D eigenvalue weighted by atomic mass is 16.4. The molecule has 0 aromatic heterocycles. The molecule has 86 valence electrons. The second-order valence-electron chi connectivity index (χ2n) is 4.95. The van der Waals surface area contributed by atoms with Crippen molar-refractivity contribution in [1.29, 1.82) is 0 Å². The van der Waals surface area contributed by atoms with Gasteiger partial charge >= 0.3 is 5.97 Å². The van der Waals surface area contributed by atoms with Crippen LogP contribution in [0.1, 0.15) is 19.3 Å². The minimum absolute atomic E-state index is 0.0705. The van der Waals surface area contributed by atoms with E-state index in [-0.39, 0.29) is 5.92 Å². The molecular weight excluding hydrogens is 192 g/mol. The Labute approximate surface area is 90.6 Å². The van der Waals surface area contributed by atoms with Crippen LogP contribution in [0.5, 0.6) is 0 Å². The molecule has 0 amide bonds. The lowest BCUT2D eigenvalue weighted by Gasteiger charge is -2.30. The molecule has 1 heterocycles. The Balaban J connectivity index is 1.64. The van der Waals surface area contributed by atoms with Gasteiger partial charge in [0.15, 0.2) is 0 Å². The molecule has 2 fully saturated rings. The zero-order chi connectivity index (χ0) is 10.8. The van der Waals surface area contributed by atoms with Crippen LogP contribution in [-0.4, -0.2) is 48.7 Å². The number of carboxylic acids is 1. The van der Waals surface area contributed by atoms with E-state index in [4.69, 9.17) is 5.11 Å². The van der Waals surface area contributed by atoms with E-state index in [1.54, 1.807) is 0 Å². The Morgan fingerprint density at radius 2 is 2.40 bits per heavy atom. The van der Waals surface area contributed by atoms with Crippen molar-refractivity contribution in [1.82, 2.24) is 10.2 Å². The fourth-order valence-corrected chi connectivity index (χ4v) is 2.43. The summed E-state index contributed by atoms with van der Waals surface area (Å²) in [5.74, 6) is -0.309. The predicted molar refractivity (Wildman–Crippen MR) is 57.8 cm³/mol. The first-order chi connectivity index (χ1) is 7.16. The van der Waals surface area contributed by atoms with Gasteiger partial charge in [-0.25, -0.2) is 0 Å². The zero-order valence-corrected chi connectivity index (χ0v) is 9.28. The molecule has 0 aromatic carbocycles. The molecule has 1 aliphatic heterocycles. The number of hydrogen-bond donors (Lipinski definition) is 2. The number of carboxylic acid groups (broad SMARTS) is 1. The molecule has 3 atom stereocenters. The number of likely N-dealkylation sites (tertiary alicyclic amines) is 1. The summed E-state index contributed by atoms with van der Waals surface area (Å²) in [7, 11) is 2.14. The van der Waals surface area contributed by atoms with Crippen LogP contribution in [0.15, 0.2) is 0 Å². The van der Waals surface area contributed by atoms with Gasteiger partial charge in [-0.2, -0.15) is 0 Å². The van der Waals surface area contributed by atoms with E-state index in [1.165, 1.54) is 19.4 Å². The number of nitrogens with zero attached hydrogens (tertiary/aromatic N) is 1. The Morgan fingerprint density at radius 3 is 3.00 bits per heavy atom. The van der Waals surface area contributed by atoms with E-state index in [9.17, 15) is 4.79 Å². The maximum atomic E-state index is 10.6. The first-order valence-electron chi connectivity index (χ1n) is 5.81. The molecule has 4 heteroatoms. The van der Waals surface area contributed by atoms with Gasteiger partial charge in [-0.15, -0.1) is 0 Å². The Morgan fingerprint density at radius 1 is 1.60 bits per heavy atom. The fourth-order valence-electron chi connectivity index (χ4n) is 2.43. The van der Waals surface area contributed by atoms with E-state index in [1.807, 2.05) is 0 Å². The second kappa shape index (κ2) is 4.49. The molecular formula is C11H20N2O2. The van der Waals surface area contributed by atoms with E-state index in [2.05, 4.69) is 17.3 Å². The molecule has 1 saturated carbocycles. The van der Waals surface area contributed by atoms with Gasteiger partial charge in [0.1, 0.15) is 0 Å². The molecule has 2 rings (SSSR count). The number of nitrogens with one attached hydrogen (secondary N) is 1. The minimum atomic E-state index is -0.623. The number of likely N-dealkylation sites (N-methyl/N-ethyl adjacent to an activating group) is 1. The third-order valence-corrected chi connectivity index (χ3v) is 3.53. The molecule has 2 N–H and O–H groups in total. The molecule has 0 aromatic rings. The quantitative estimate of drug-likeness (QED) is 0.708. The summed E-state index contributed by atoms with van der Waals surface area (Å²) in [6, 6.07) is 0.568. The lowest BCUT2D eigenvalue weighted by atomic mass is 10.1. The number of rotatable bonds is 4. The first kappa shape index (κ1) is 10.9. The third-order valence-electron chi connectivity index (χ3n) is 3.53. The monoisotopic (exact) mass is 212 g/mol. The van der Waals surface area contributed by atoms with Crippen molar-refractivity contribution in [2.24, 2.45) is 11.8 Å². The molecule has 0 spiro atoms. The normalized spacial score (nSPS) is 36.5. The maximum absolute atomic E-state index is 10.6. The van der Waals surface area contributed by atoms with Gasteiger partial charge in [-0.3, -0.25) is 4.79 Å². The van der Waals surface area contributed by atoms with Crippen LogP contribution in [0.2, 0.25) is 0 Å². The summed E-state index contributed by atoms with van der Waals surface area (Å²) >= 11 is 0.